The number of hydrogen-bond acceptors (Lipinski definition) is 3. The first-order chi connectivity index (χ1) is 11.3. The van der Waals surface area contributed by atoms with Crippen molar-refractivity contribution in [3.05, 3.63) is 70.3 Å². The van der Waals surface area contributed by atoms with E-state index in [-0.39, 0.29) is 5.56 Å². The predicted octanol–water partition coefficient (Wildman–Crippen LogP) is 3.35. The Labute approximate surface area is 133 Å². The van der Waals surface area contributed by atoms with E-state index in [2.05, 4.69) is 15.6 Å². The molecular weight excluding hydrogens is 288 g/mol. The molecule has 4 heteroatoms. The molecule has 0 saturated carbocycles. The van der Waals surface area contributed by atoms with Gasteiger partial charge in [0.2, 0.25) is 0 Å². The minimum Gasteiger partial charge on any atom is -0.496 e. The average molecular weight is 304 g/mol. The number of fused-ring (bicyclic) bond motifs is 3. The minimum atomic E-state index is -0.167. The number of nitrogens with zero attached hydrogens (tertiary/aromatic N) is 2. The van der Waals surface area contributed by atoms with Gasteiger partial charge in [0.1, 0.15) is 11.6 Å². The van der Waals surface area contributed by atoms with Crippen LogP contribution < -0.4 is 10.3 Å². The largest absolute Gasteiger partial charge is 0.496 e. The number of hydrogen-bond donors (Lipinski definition) is 0. The van der Waals surface area contributed by atoms with Gasteiger partial charge in [0.05, 0.1) is 18.0 Å². The molecule has 1 aliphatic heterocycles. The van der Waals surface area contributed by atoms with Crippen LogP contribution in [-0.4, -0.2) is 16.7 Å². The molecule has 0 amide bonds. The number of para-hydroxylation sites is 2. The Morgan fingerprint density at radius 1 is 1.13 bits per heavy atom. The molecule has 4 nitrogen and oxygen atoms in total. The molecule has 0 saturated heterocycles. The lowest BCUT2D eigenvalue weighted by Gasteiger charge is -2.08. The number of aryl methyl sites for hydroxylation is 1. The van der Waals surface area contributed by atoms with Gasteiger partial charge in [-0.1, -0.05) is 30.3 Å². The highest BCUT2D eigenvalue weighted by Gasteiger charge is 2.20. The summed E-state index contributed by atoms with van der Waals surface area (Å²) < 4.78 is 7.53. The van der Waals surface area contributed by atoms with Gasteiger partial charge < -0.3 is 9.30 Å². The van der Waals surface area contributed by atoms with Crippen molar-refractivity contribution in [2.24, 2.45) is 0 Å². The summed E-state index contributed by atoms with van der Waals surface area (Å²) in [6, 6.07) is 15.5. The topological polar surface area (TPSA) is 44.1 Å². The summed E-state index contributed by atoms with van der Waals surface area (Å²) >= 11 is 0. The smallest absolute Gasteiger partial charge is 0.281 e. The van der Waals surface area contributed by atoms with Gasteiger partial charge in [0.15, 0.2) is 0 Å². The maximum Gasteiger partial charge on any atom is 0.281 e. The summed E-state index contributed by atoms with van der Waals surface area (Å²) in [6.45, 7) is 0.837. The summed E-state index contributed by atoms with van der Waals surface area (Å²) in [5.74, 6) is 1.58. The third kappa shape index (κ3) is 2.23. The molecule has 23 heavy (non-hydrogen) atoms. The lowest BCUT2D eigenvalue weighted by Crippen LogP contribution is -2.14. The summed E-state index contributed by atoms with van der Waals surface area (Å²) in [7, 11) is 1.66. The predicted molar refractivity (Wildman–Crippen MR) is 91.5 cm³/mol. The third-order valence-corrected chi connectivity index (χ3v) is 4.25. The van der Waals surface area contributed by atoms with Gasteiger partial charge in [-0.2, -0.15) is 4.98 Å². The molecule has 1 aliphatic rings. The fourth-order valence-corrected chi connectivity index (χ4v) is 3.15. The SMILES string of the molecule is COc1ccccc1/C=C1\CCn2c1nc(=O)c1ccccc12. The quantitative estimate of drug-likeness (QED) is 0.729. The molecule has 0 fully saturated rings. The maximum atomic E-state index is 12.3. The van der Waals surface area contributed by atoms with E-state index in [0.717, 1.165) is 41.2 Å². The molecule has 0 atom stereocenters. The van der Waals surface area contributed by atoms with Crippen molar-refractivity contribution in [2.45, 2.75) is 13.0 Å². The van der Waals surface area contributed by atoms with E-state index in [1.165, 1.54) is 0 Å². The Balaban J connectivity index is 1.91. The summed E-state index contributed by atoms with van der Waals surface area (Å²) in [5.41, 5.74) is 2.85. The van der Waals surface area contributed by atoms with Crippen LogP contribution in [0.5, 0.6) is 5.75 Å². The van der Waals surface area contributed by atoms with E-state index in [4.69, 9.17) is 4.74 Å². The summed E-state index contributed by atoms with van der Waals surface area (Å²) in [5, 5.41) is 0.676. The molecule has 0 radical (unpaired) electrons. The van der Waals surface area contributed by atoms with Gasteiger partial charge >= 0.3 is 0 Å². The zero-order chi connectivity index (χ0) is 15.8. The molecule has 0 bridgehead atoms. The number of aromatic nitrogens is 2. The van der Waals surface area contributed by atoms with Crippen LogP contribution in [0.1, 0.15) is 17.8 Å². The second kappa shape index (κ2) is 5.39. The van der Waals surface area contributed by atoms with E-state index in [1.54, 1.807) is 7.11 Å². The van der Waals surface area contributed by atoms with Crippen LogP contribution in [0, 0.1) is 0 Å². The van der Waals surface area contributed by atoms with Gasteiger partial charge in [-0.05, 0) is 36.3 Å². The average Bonchev–Trinajstić information content (AvgIpc) is 2.99. The van der Waals surface area contributed by atoms with Crippen LogP contribution in [0.15, 0.2) is 53.3 Å². The normalized spacial score (nSPS) is 15.1. The number of allylic oxidation sites excluding steroid dienone is 1. The van der Waals surface area contributed by atoms with Crippen LogP contribution in [0.2, 0.25) is 0 Å². The Kier molecular flexibility index (Phi) is 3.23. The first-order valence-corrected chi connectivity index (χ1v) is 7.61. The maximum absolute atomic E-state index is 12.3. The zero-order valence-electron chi connectivity index (χ0n) is 12.8. The lowest BCUT2D eigenvalue weighted by molar-refractivity contribution is 0.414. The minimum absolute atomic E-state index is 0.167. The Morgan fingerprint density at radius 3 is 2.78 bits per heavy atom. The molecule has 0 aliphatic carbocycles. The van der Waals surface area contributed by atoms with Crippen LogP contribution in [0.4, 0.5) is 0 Å². The van der Waals surface area contributed by atoms with Gasteiger partial charge in [-0.3, -0.25) is 4.79 Å². The van der Waals surface area contributed by atoms with E-state index < -0.39 is 0 Å². The van der Waals surface area contributed by atoms with E-state index >= 15 is 0 Å². The van der Waals surface area contributed by atoms with E-state index in [9.17, 15) is 4.79 Å². The molecule has 0 N–H and O–H groups in total. The molecule has 4 rings (SSSR count). The van der Waals surface area contributed by atoms with Crippen LogP contribution in [0.25, 0.3) is 22.6 Å². The second-order valence-corrected chi connectivity index (χ2v) is 5.57. The van der Waals surface area contributed by atoms with Crippen molar-refractivity contribution in [1.82, 2.24) is 9.55 Å². The lowest BCUT2D eigenvalue weighted by atomic mass is 10.1. The molecule has 2 heterocycles. The van der Waals surface area contributed by atoms with Crippen molar-refractivity contribution >= 4 is 22.6 Å². The zero-order valence-corrected chi connectivity index (χ0v) is 12.8. The standard InChI is InChI=1S/C19H16N2O2/c1-23-17-9-5-2-6-13(17)12-14-10-11-21-16-8-4-3-7-15(16)19(22)20-18(14)21/h2-9,12H,10-11H2,1H3/b14-12+. The van der Waals surface area contributed by atoms with Gasteiger partial charge in [-0.15, -0.1) is 0 Å². The van der Waals surface area contributed by atoms with Gasteiger partial charge in [0.25, 0.3) is 5.56 Å². The van der Waals surface area contributed by atoms with E-state index in [1.807, 2.05) is 48.5 Å². The molecule has 0 unspecified atom stereocenters. The number of benzene rings is 2. The highest BCUT2D eigenvalue weighted by atomic mass is 16.5. The molecule has 1 aromatic heterocycles. The number of methoxy groups -OCH3 is 1. The molecule has 114 valence electrons. The van der Waals surface area contributed by atoms with Crippen molar-refractivity contribution in [3.63, 3.8) is 0 Å². The Hall–Kier alpha value is -2.88. The molecule has 2 aromatic carbocycles. The first kappa shape index (κ1) is 13.8. The van der Waals surface area contributed by atoms with Gasteiger partial charge in [0, 0.05) is 12.1 Å². The van der Waals surface area contributed by atoms with Gasteiger partial charge in [-0.25, -0.2) is 0 Å². The third-order valence-electron chi connectivity index (χ3n) is 4.25. The highest BCUT2D eigenvalue weighted by molar-refractivity contribution is 5.86. The van der Waals surface area contributed by atoms with Crippen molar-refractivity contribution in [2.75, 3.05) is 7.11 Å². The summed E-state index contributed by atoms with van der Waals surface area (Å²) in [4.78, 5) is 16.6. The molecule has 3 aromatic rings. The number of rotatable bonds is 2. The first-order valence-electron chi connectivity index (χ1n) is 7.61. The van der Waals surface area contributed by atoms with Crippen LogP contribution in [0.3, 0.4) is 0 Å². The Morgan fingerprint density at radius 2 is 1.91 bits per heavy atom. The van der Waals surface area contributed by atoms with Crippen LogP contribution >= 0.6 is 0 Å². The van der Waals surface area contributed by atoms with Crippen LogP contribution in [-0.2, 0) is 6.54 Å². The van der Waals surface area contributed by atoms with Crippen molar-refractivity contribution in [3.8, 4) is 5.75 Å². The fraction of sp³-hybridized carbons (Fsp3) is 0.158. The van der Waals surface area contributed by atoms with E-state index in [0.29, 0.717) is 5.39 Å². The fourth-order valence-electron chi connectivity index (χ4n) is 3.15. The Bertz CT molecular complexity index is 986. The number of ether oxygens (including phenoxy) is 1. The molecule has 0 spiro atoms. The molecular formula is C19H16N2O2. The monoisotopic (exact) mass is 304 g/mol. The van der Waals surface area contributed by atoms with Crippen molar-refractivity contribution in [1.29, 1.82) is 0 Å². The summed E-state index contributed by atoms with van der Waals surface area (Å²) in [6.07, 6.45) is 2.93. The van der Waals surface area contributed by atoms with Crippen molar-refractivity contribution < 1.29 is 4.74 Å². The second-order valence-electron chi connectivity index (χ2n) is 5.57. The highest BCUT2D eigenvalue weighted by Crippen LogP contribution is 2.31.